The summed E-state index contributed by atoms with van der Waals surface area (Å²) in [4.78, 5) is 24.6. The largest absolute Gasteiger partial charge is 0.490 e. The van der Waals surface area contributed by atoms with Crippen molar-refractivity contribution in [1.29, 1.82) is 0 Å². The Hall–Kier alpha value is -3.02. The van der Waals surface area contributed by atoms with Gasteiger partial charge in [0.15, 0.2) is 0 Å². The van der Waals surface area contributed by atoms with Crippen molar-refractivity contribution in [3.05, 3.63) is 59.7 Å². The zero-order valence-electron chi connectivity index (χ0n) is 15.3. The molecule has 1 heterocycles. The molecule has 1 fully saturated rings. The van der Waals surface area contributed by atoms with Gasteiger partial charge >= 0.3 is 5.97 Å². The van der Waals surface area contributed by atoms with E-state index in [1.807, 2.05) is 55.5 Å². The molecule has 1 unspecified atom stereocenters. The molecule has 27 heavy (non-hydrogen) atoms. The van der Waals surface area contributed by atoms with Gasteiger partial charge in [0.25, 0.3) is 0 Å². The third-order valence-corrected chi connectivity index (χ3v) is 4.45. The molecule has 1 aliphatic rings. The van der Waals surface area contributed by atoms with Gasteiger partial charge in [0, 0.05) is 19.5 Å². The maximum Gasteiger partial charge on any atom is 0.308 e. The number of likely N-dealkylation sites (tertiary alicyclic amines) is 1. The summed E-state index contributed by atoms with van der Waals surface area (Å²) in [7, 11) is 0. The van der Waals surface area contributed by atoms with E-state index in [1.165, 1.54) is 0 Å². The first kappa shape index (κ1) is 18.8. The Morgan fingerprint density at radius 3 is 2.41 bits per heavy atom. The zero-order valence-corrected chi connectivity index (χ0v) is 15.3. The monoisotopic (exact) mass is 369 g/mol. The Morgan fingerprint density at radius 1 is 1.11 bits per heavy atom. The van der Waals surface area contributed by atoms with Crippen LogP contribution in [0.15, 0.2) is 48.5 Å². The van der Waals surface area contributed by atoms with Crippen LogP contribution in [0.25, 0.3) is 0 Å². The fourth-order valence-corrected chi connectivity index (χ4v) is 3.07. The normalized spacial score (nSPS) is 16.4. The molecule has 2 aromatic rings. The quantitative estimate of drug-likeness (QED) is 0.724. The van der Waals surface area contributed by atoms with Crippen molar-refractivity contribution in [3.63, 3.8) is 0 Å². The highest BCUT2D eigenvalue weighted by Gasteiger charge is 2.34. The summed E-state index contributed by atoms with van der Waals surface area (Å²) in [6.07, 6.45) is 0.0713. The third kappa shape index (κ3) is 5.23. The van der Waals surface area contributed by atoms with Gasteiger partial charge in [-0.2, -0.15) is 0 Å². The van der Waals surface area contributed by atoms with Gasteiger partial charge in [0.2, 0.25) is 5.91 Å². The van der Waals surface area contributed by atoms with E-state index in [4.69, 9.17) is 14.6 Å². The summed E-state index contributed by atoms with van der Waals surface area (Å²) >= 11 is 0. The molecule has 1 amide bonds. The number of hydrogen-bond donors (Lipinski definition) is 1. The molecular formula is C21H23NO5. The van der Waals surface area contributed by atoms with E-state index in [0.717, 1.165) is 16.9 Å². The van der Waals surface area contributed by atoms with Crippen molar-refractivity contribution in [2.45, 2.75) is 19.9 Å². The molecule has 1 N–H and O–H groups in total. The van der Waals surface area contributed by atoms with Crippen molar-refractivity contribution >= 4 is 11.9 Å². The van der Waals surface area contributed by atoms with E-state index in [9.17, 15) is 9.59 Å². The Balaban J connectivity index is 1.49. The summed E-state index contributed by atoms with van der Waals surface area (Å²) < 4.78 is 11.4. The number of carbonyl (C=O) groups excluding carboxylic acids is 1. The standard InChI is InChI=1S/C21H23NO5/c1-15-4-2-6-18(10-15)26-8-9-27-19-7-3-5-16(11-19)13-22-14-17(21(24)25)12-20(22)23/h2-7,10-11,17H,8-9,12-14H2,1H3,(H,24,25). The number of rotatable bonds is 8. The summed E-state index contributed by atoms with van der Waals surface area (Å²) in [6, 6.07) is 15.3. The van der Waals surface area contributed by atoms with Gasteiger partial charge in [-0.05, 0) is 42.3 Å². The minimum atomic E-state index is -0.920. The highest BCUT2D eigenvalue weighted by Crippen LogP contribution is 2.22. The maximum absolute atomic E-state index is 12.0. The van der Waals surface area contributed by atoms with Crippen molar-refractivity contribution in [1.82, 2.24) is 4.90 Å². The molecule has 0 aromatic heterocycles. The molecule has 0 aliphatic carbocycles. The molecule has 1 aliphatic heterocycles. The molecule has 0 spiro atoms. The average molecular weight is 369 g/mol. The molecule has 1 atom stereocenters. The van der Waals surface area contributed by atoms with Gasteiger partial charge < -0.3 is 19.5 Å². The molecule has 0 radical (unpaired) electrons. The first-order valence-corrected chi connectivity index (χ1v) is 8.93. The van der Waals surface area contributed by atoms with Crippen LogP contribution < -0.4 is 9.47 Å². The average Bonchev–Trinajstić information content (AvgIpc) is 3.00. The molecule has 6 heteroatoms. The van der Waals surface area contributed by atoms with Crippen LogP contribution in [-0.4, -0.2) is 41.6 Å². The SMILES string of the molecule is Cc1cccc(OCCOc2cccc(CN3CC(C(=O)O)CC3=O)c2)c1. The lowest BCUT2D eigenvalue weighted by Gasteiger charge is -2.16. The van der Waals surface area contributed by atoms with Crippen molar-refractivity contribution in [2.24, 2.45) is 5.92 Å². The van der Waals surface area contributed by atoms with E-state index < -0.39 is 11.9 Å². The number of benzene rings is 2. The Bertz CT molecular complexity index is 820. The summed E-state index contributed by atoms with van der Waals surface area (Å²) in [5, 5.41) is 9.07. The summed E-state index contributed by atoms with van der Waals surface area (Å²) in [6.45, 7) is 3.49. The highest BCUT2D eigenvalue weighted by atomic mass is 16.5. The van der Waals surface area contributed by atoms with Gasteiger partial charge in [-0.3, -0.25) is 9.59 Å². The molecule has 6 nitrogen and oxygen atoms in total. The zero-order chi connectivity index (χ0) is 19.2. The number of carbonyl (C=O) groups is 2. The molecular weight excluding hydrogens is 346 g/mol. The predicted molar refractivity (Wildman–Crippen MR) is 99.8 cm³/mol. The first-order valence-electron chi connectivity index (χ1n) is 8.93. The Morgan fingerprint density at radius 2 is 1.78 bits per heavy atom. The Labute approximate surface area is 158 Å². The predicted octanol–water partition coefficient (Wildman–Crippen LogP) is 2.89. The second-order valence-electron chi connectivity index (χ2n) is 6.67. The van der Waals surface area contributed by atoms with Gasteiger partial charge in [-0.25, -0.2) is 0 Å². The summed E-state index contributed by atoms with van der Waals surface area (Å²) in [5.41, 5.74) is 2.05. The van der Waals surface area contributed by atoms with Crippen molar-refractivity contribution in [3.8, 4) is 11.5 Å². The fraction of sp³-hybridized carbons (Fsp3) is 0.333. The minimum Gasteiger partial charge on any atom is -0.490 e. The number of nitrogens with zero attached hydrogens (tertiary/aromatic N) is 1. The van der Waals surface area contributed by atoms with Crippen molar-refractivity contribution in [2.75, 3.05) is 19.8 Å². The van der Waals surface area contributed by atoms with Crippen LogP contribution in [0, 0.1) is 12.8 Å². The van der Waals surface area contributed by atoms with Crippen LogP contribution >= 0.6 is 0 Å². The number of carboxylic acid groups (broad SMARTS) is 1. The van der Waals surface area contributed by atoms with Gasteiger partial charge in [-0.1, -0.05) is 24.3 Å². The van der Waals surface area contributed by atoms with Gasteiger partial charge in [0.05, 0.1) is 5.92 Å². The van der Waals surface area contributed by atoms with Crippen molar-refractivity contribution < 1.29 is 24.2 Å². The fourth-order valence-electron chi connectivity index (χ4n) is 3.07. The third-order valence-electron chi connectivity index (χ3n) is 4.45. The second-order valence-corrected chi connectivity index (χ2v) is 6.67. The number of aryl methyl sites for hydroxylation is 1. The Kier molecular flexibility index (Phi) is 5.96. The van der Waals surface area contributed by atoms with E-state index in [-0.39, 0.29) is 18.9 Å². The number of ether oxygens (including phenoxy) is 2. The van der Waals surface area contributed by atoms with Gasteiger partial charge in [0.1, 0.15) is 24.7 Å². The molecule has 142 valence electrons. The summed E-state index contributed by atoms with van der Waals surface area (Å²) in [5.74, 6) is -0.151. The van der Waals surface area contributed by atoms with Crippen LogP contribution in [0.4, 0.5) is 0 Å². The molecule has 0 bridgehead atoms. The first-order chi connectivity index (χ1) is 13.0. The number of aliphatic carboxylic acids is 1. The smallest absolute Gasteiger partial charge is 0.308 e. The van der Waals surface area contributed by atoms with Crippen LogP contribution in [0.5, 0.6) is 11.5 Å². The van der Waals surface area contributed by atoms with Crippen LogP contribution in [0.2, 0.25) is 0 Å². The second kappa shape index (κ2) is 8.58. The number of hydrogen-bond acceptors (Lipinski definition) is 4. The van der Waals surface area contributed by atoms with Crippen LogP contribution in [0.1, 0.15) is 17.5 Å². The highest BCUT2D eigenvalue weighted by molar-refractivity contribution is 5.86. The van der Waals surface area contributed by atoms with E-state index >= 15 is 0 Å². The lowest BCUT2D eigenvalue weighted by atomic mass is 10.1. The molecule has 0 saturated carbocycles. The topological polar surface area (TPSA) is 76.1 Å². The lowest BCUT2D eigenvalue weighted by Crippen LogP contribution is -2.25. The van der Waals surface area contributed by atoms with E-state index in [1.54, 1.807) is 4.90 Å². The van der Waals surface area contributed by atoms with Crippen LogP contribution in [0.3, 0.4) is 0 Å². The number of amides is 1. The maximum atomic E-state index is 12.0. The van der Waals surface area contributed by atoms with Gasteiger partial charge in [-0.15, -0.1) is 0 Å². The molecule has 2 aromatic carbocycles. The minimum absolute atomic E-state index is 0.0713. The molecule has 3 rings (SSSR count). The van der Waals surface area contributed by atoms with E-state index in [0.29, 0.717) is 25.5 Å². The lowest BCUT2D eigenvalue weighted by molar-refractivity contribution is -0.141. The molecule has 1 saturated heterocycles. The number of carboxylic acids is 1. The van der Waals surface area contributed by atoms with E-state index in [2.05, 4.69) is 0 Å². The van der Waals surface area contributed by atoms with Crippen LogP contribution in [-0.2, 0) is 16.1 Å².